The van der Waals surface area contributed by atoms with E-state index in [1.807, 2.05) is 12.1 Å². The van der Waals surface area contributed by atoms with Crippen LogP contribution in [0, 0.1) is 0 Å². The van der Waals surface area contributed by atoms with Crippen LogP contribution in [0.5, 0.6) is 0 Å². The Bertz CT molecular complexity index is 537. The summed E-state index contributed by atoms with van der Waals surface area (Å²) in [6, 6.07) is 8.22. The number of nitrogens with zero attached hydrogens (tertiary/aromatic N) is 1. The summed E-state index contributed by atoms with van der Waals surface area (Å²) in [5.41, 5.74) is 0.851. The van der Waals surface area contributed by atoms with Crippen LogP contribution >= 0.6 is 0 Å². The van der Waals surface area contributed by atoms with Gasteiger partial charge in [0.2, 0.25) is 0 Å². The molecule has 1 aromatic carbocycles. The molecular weight excluding hydrogens is 375 g/mol. The molecule has 0 spiro atoms. The van der Waals surface area contributed by atoms with Crippen molar-refractivity contribution in [2.45, 2.75) is 27.8 Å². The molecule has 1 atom stereocenters. The van der Waals surface area contributed by atoms with E-state index in [-0.39, 0.29) is 18.1 Å². The average molecular weight is 397 g/mol. The molecule has 0 aromatic heterocycles. The maximum atomic E-state index is 11.9. The summed E-state index contributed by atoms with van der Waals surface area (Å²) in [4.78, 5) is 31.5. The average Bonchev–Trinajstić information content (AvgIpc) is 2.77. The SMILES string of the molecule is CC(=O)NCC1CN(c2cc[c]([Sn]([CH3])([CH3])[CH3])cc2)C(=O)O1. The molecule has 1 heterocycles. The molecule has 1 unspecified atom stereocenters. The summed E-state index contributed by atoms with van der Waals surface area (Å²) in [6.45, 7) is 2.27. The van der Waals surface area contributed by atoms with Crippen LogP contribution in [-0.2, 0) is 9.53 Å². The van der Waals surface area contributed by atoms with E-state index >= 15 is 0 Å². The van der Waals surface area contributed by atoms with E-state index in [1.54, 1.807) is 4.90 Å². The molecule has 1 aliphatic heterocycles. The van der Waals surface area contributed by atoms with Gasteiger partial charge in [-0.2, -0.15) is 0 Å². The monoisotopic (exact) mass is 398 g/mol. The van der Waals surface area contributed by atoms with Gasteiger partial charge in [-0.25, -0.2) is 0 Å². The fourth-order valence-electron chi connectivity index (χ4n) is 2.24. The minimum atomic E-state index is -2.06. The van der Waals surface area contributed by atoms with Gasteiger partial charge in [0.05, 0.1) is 0 Å². The molecule has 0 aliphatic carbocycles. The summed E-state index contributed by atoms with van der Waals surface area (Å²) < 4.78 is 6.69. The first kappa shape index (κ1) is 16.1. The Kier molecular flexibility index (Phi) is 4.80. The normalized spacial score (nSPS) is 18.6. The number of carbonyl (C=O) groups is 2. The summed E-state index contributed by atoms with van der Waals surface area (Å²) in [5.74, 6) is -0.119. The van der Waals surface area contributed by atoms with E-state index < -0.39 is 18.4 Å². The van der Waals surface area contributed by atoms with Crippen molar-refractivity contribution in [2.75, 3.05) is 18.0 Å². The molecule has 2 amide bonds. The van der Waals surface area contributed by atoms with E-state index in [0.717, 1.165) is 5.69 Å². The zero-order valence-electron chi connectivity index (χ0n) is 13.0. The van der Waals surface area contributed by atoms with Crippen molar-refractivity contribution in [3.8, 4) is 0 Å². The van der Waals surface area contributed by atoms with Gasteiger partial charge in [0.1, 0.15) is 0 Å². The van der Waals surface area contributed by atoms with Crippen LogP contribution in [0.2, 0.25) is 14.8 Å². The van der Waals surface area contributed by atoms with E-state index in [2.05, 4.69) is 32.3 Å². The second-order valence-electron chi connectivity index (χ2n) is 6.35. The Labute approximate surface area is 129 Å². The first-order valence-electron chi connectivity index (χ1n) is 7.10. The summed E-state index contributed by atoms with van der Waals surface area (Å²) in [6.07, 6.45) is -0.639. The number of hydrogen-bond donors (Lipinski definition) is 1. The first-order valence-corrected chi connectivity index (χ1v) is 17.1. The predicted octanol–water partition coefficient (Wildman–Crippen LogP) is 1.69. The predicted molar refractivity (Wildman–Crippen MR) is 85.7 cm³/mol. The van der Waals surface area contributed by atoms with Gasteiger partial charge in [-0.05, 0) is 0 Å². The van der Waals surface area contributed by atoms with Crippen molar-refractivity contribution in [1.29, 1.82) is 0 Å². The summed E-state index contributed by atoms with van der Waals surface area (Å²) >= 11 is -2.06. The number of carbonyl (C=O) groups excluding carboxylic acids is 2. The van der Waals surface area contributed by atoms with Crippen molar-refractivity contribution in [3.05, 3.63) is 24.3 Å². The second kappa shape index (κ2) is 6.25. The standard InChI is InChI=1S/C12H13N2O3.3CH3.Sn/c1-9(15)13-7-11-8-14(12(16)17-11)10-5-3-2-4-6-10;;;;/h3-6,11H,7-8H2,1H3,(H,13,15);3*1H3;. The maximum absolute atomic E-state index is 11.9. The van der Waals surface area contributed by atoms with E-state index in [0.29, 0.717) is 13.1 Å². The van der Waals surface area contributed by atoms with E-state index in [9.17, 15) is 9.59 Å². The Balaban J connectivity index is 2.05. The van der Waals surface area contributed by atoms with Crippen LogP contribution in [0.3, 0.4) is 0 Å². The van der Waals surface area contributed by atoms with Crippen molar-refractivity contribution in [3.63, 3.8) is 0 Å². The number of ether oxygens (including phenoxy) is 1. The molecule has 1 saturated heterocycles. The third kappa shape index (κ3) is 4.12. The molecule has 2 rings (SSSR count). The summed E-state index contributed by atoms with van der Waals surface area (Å²) in [5, 5.41) is 2.67. The Morgan fingerprint density at radius 2 is 1.95 bits per heavy atom. The third-order valence-corrected chi connectivity index (χ3v) is 9.39. The number of anilines is 1. The number of nitrogens with one attached hydrogen (secondary N) is 1. The van der Waals surface area contributed by atoms with Gasteiger partial charge in [-0.15, -0.1) is 0 Å². The summed E-state index contributed by atoms with van der Waals surface area (Å²) in [7, 11) is 0. The van der Waals surface area contributed by atoms with Crippen LogP contribution in [0.15, 0.2) is 24.3 Å². The van der Waals surface area contributed by atoms with E-state index in [1.165, 1.54) is 10.5 Å². The van der Waals surface area contributed by atoms with Gasteiger partial charge in [-0.1, -0.05) is 0 Å². The van der Waals surface area contributed by atoms with Crippen LogP contribution < -0.4 is 13.8 Å². The molecule has 6 heteroatoms. The molecule has 0 radical (unpaired) electrons. The van der Waals surface area contributed by atoms with Crippen LogP contribution in [-0.4, -0.2) is 49.6 Å². The van der Waals surface area contributed by atoms with Gasteiger partial charge >= 0.3 is 129 Å². The van der Waals surface area contributed by atoms with Crippen molar-refractivity contribution in [1.82, 2.24) is 5.32 Å². The van der Waals surface area contributed by atoms with Crippen LogP contribution in [0.4, 0.5) is 10.5 Å². The first-order chi connectivity index (χ1) is 9.77. The van der Waals surface area contributed by atoms with Gasteiger partial charge in [0, 0.05) is 0 Å². The number of benzene rings is 1. The molecule has 1 fully saturated rings. The Hall–Kier alpha value is -1.24. The molecule has 0 saturated carbocycles. The third-order valence-electron chi connectivity index (χ3n) is 3.50. The fourth-order valence-corrected chi connectivity index (χ4v) is 5.57. The molecule has 1 N–H and O–H groups in total. The van der Waals surface area contributed by atoms with Gasteiger partial charge in [0.25, 0.3) is 0 Å². The van der Waals surface area contributed by atoms with Crippen LogP contribution in [0.25, 0.3) is 0 Å². The van der Waals surface area contributed by atoms with E-state index in [4.69, 9.17) is 4.74 Å². The zero-order chi connectivity index (χ0) is 15.6. The molecule has 0 bridgehead atoms. The van der Waals surface area contributed by atoms with Gasteiger partial charge in [-0.3, -0.25) is 0 Å². The zero-order valence-corrected chi connectivity index (χ0v) is 15.8. The van der Waals surface area contributed by atoms with Gasteiger partial charge < -0.3 is 0 Å². The van der Waals surface area contributed by atoms with Crippen molar-refractivity contribution >= 4 is 39.6 Å². The number of hydrogen-bond acceptors (Lipinski definition) is 3. The van der Waals surface area contributed by atoms with Crippen molar-refractivity contribution in [2.24, 2.45) is 0 Å². The molecular formula is C15H22N2O3Sn. The number of amides is 2. The Morgan fingerprint density at radius 3 is 2.48 bits per heavy atom. The van der Waals surface area contributed by atoms with Crippen LogP contribution in [0.1, 0.15) is 6.92 Å². The quantitative estimate of drug-likeness (QED) is 0.788. The molecule has 21 heavy (non-hydrogen) atoms. The topological polar surface area (TPSA) is 58.6 Å². The second-order valence-corrected chi connectivity index (χ2v) is 20.8. The molecule has 1 aromatic rings. The number of cyclic esters (lactones) is 1. The van der Waals surface area contributed by atoms with Gasteiger partial charge in [0.15, 0.2) is 0 Å². The molecule has 5 nitrogen and oxygen atoms in total. The molecule has 114 valence electrons. The fraction of sp³-hybridized carbons (Fsp3) is 0.467. The molecule has 1 aliphatic rings. The number of rotatable bonds is 4. The van der Waals surface area contributed by atoms with Crippen molar-refractivity contribution < 1.29 is 14.3 Å². The minimum absolute atomic E-state index is 0.119. The Morgan fingerprint density at radius 1 is 1.33 bits per heavy atom.